The molecule has 5 N–H and O–H groups in total. The molecule has 2 aromatic rings. The van der Waals surface area contributed by atoms with Gasteiger partial charge in [-0.25, -0.2) is 18.7 Å². The lowest BCUT2D eigenvalue weighted by molar-refractivity contribution is -0.127. The molecule has 10 nitrogen and oxygen atoms in total. The number of fused-ring (bicyclic) bond motifs is 1. The van der Waals surface area contributed by atoms with Crippen molar-refractivity contribution in [3.8, 4) is 0 Å². The first kappa shape index (κ1) is 28.0. The number of carbonyl (C=O) groups excluding carboxylic acids is 1. The van der Waals surface area contributed by atoms with Crippen LogP contribution in [0.15, 0.2) is 29.9 Å². The maximum atomic E-state index is 14.7. The van der Waals surface area contributed by atoms with Crippen molar-refractivity contribution in [2.45, 2.75) is 101 Å². The topological polar surface area (TPSA) is 129 Å². The van der Waals surface area contributed by atoms with Crippen molar-refractivity contribution >= 4 is 29.0 Å². The van der Waals surface area contributed by atoms with Crippen LogP contribution in [0.25, 0.3) is 11.2 Å². The predicted octanol–water partition coefficient (Wildman–Crippen LogP) is 4.03. The molecule has 2 aromatic heterocycles. The van der Waals surface area contributed by atoms with Crippen LogP contribution in [0.2, 0.25) is 0 Å². The number of imidazole rings is 1. The number of nitrogens with zero attached hydrogens (tertiary/aromatic N) is 4. The number of nitrogens with one attached hydrogen (secondary N) is 4. The molecule has 6 rings (SSSR count). The number of alkyl halides is 1. The minimum Gasteiger partial charge on any atom is -0.393 e. The van der Waals surface area contributed by atoms with Crippen molar-refractivity contribution in [2.75, 3.05) is 23.7 Å². The third kappa shape index (κ3) is 6.38. The Balaban J connectivity index is 1.24. The van der Waals surface area contributed by atoms with Crippen molar-refractivity contribution < 1.29 is 18.7 Å². The lowest BCUT2D eigenvalue weighted by atomic mass is 9.85. The molecule has 0 bridgehead atoms. The molecule has 3 aliphatic carbocycles. The molecule has 4 aliphatic rings. The van der Waals surface area contributed by atoms with E-state index >= 15 is 0 Å². The number of hydrogen-bond acceptors (Lipinski definition) is 8. The van der Waals surface area contributed by atoms with Gasteiger partial charge in [-0.1, -0.05) is 6.08 Å². The van der Waals surface area contributed by atoms with Crippen molar-refractivity contribution in [2.24, 2.45) is 5.92 Å². The van der Waals surface area contributed by atoms with Gasteiger partial charge in [0.05, 0.1) is 18.0 Å². The quantitative estimate of drug-likeness (QED) is 0.338. The van der Waals surface area contributed by atoms with E-state index in [0.717, 1.165) is 64.5 Å². The number of allylic oxidation sites excluding steroid dienone is 4. The number of anilines is 2. The number of aliphatic hydroxyl groups is 1. The molecular weight excluding hydrogens is 530 g/mol. The second-order valence-electron chi connectivity index (χ2n) is 11.9. The van der Waals surface area contributed by atoms with E-state index in [0.29, 0.717) is 35.9 Å². The molecule has 2 saturated carbocycles. The number of amides is 1. The standard InChI is InChI=1S/C29H40F2N8O2/c30-22-2-1-3-23(31)25(22)37-29-36-24-16-33-28(35-18-6-10-21(40)11-7-18)38-26(24)39(29)20-8-4-17(5-9-20)27(41)34-19-12-14-32-15-13-19/h1-2,16-21,23,32,40H,3-15H2,(H,34,41)(H,36,37)(H,33,35,38). The lowest BCUT2D eigenvalue weighted by Crippen LogP contribution is -2.45. The zero-order valence-electron chi connectivity index (χ0n) is 23.3. The SMILES string of the molecule is O=C(NC1CCNCC1)C1CCC(n2c(NC3=C(F)C=CCC3F)nc3cnc(NC4CCC(O)CC4)nc32)CC1. The van der Waals surface area contributed by atoms with E-state index in [-0.39, 0.29) is 48.2 Å². The first-order valence-electron chi connectivity index (χ1n) is 15.1. The molecule has 222 valence electrons. The normalized spacial score (nSPS) is 29.5. The fourth-order valence-corrected chi connectivity index (χ4v) is 6.59. The van der Waals surface area contributed by atoms with Gasteiger partial charge in [-0.2, -0.15) is 4.98 Å². The molecule has 1 atom stereocenters. The van der Waals surface area contributed by atoms with E-state index in [2.05, 4.69) is 31.2 Å². The Bertz CT molecular complexity index is 1290. The van der Waals surface area contributed by atoms with Crippen LogP contribution >= 0.6 is 0 Å². The number of halogens is 2. The predicted molar refractivity (Wildman–Crippen MR) is 153 cm³/mol. The Labute approximate surface area is 238 Å². The third-order valence-electron chi connectivity index (χ3n) is 9.01. The number of aliphatic hydroxyl groups excluding tert-OH is 1. The number of rotatable bonds is 7. The van der Waals surface area contributed by atoms with Crippen LogP contribution in [-0.2, 0) is 4.79 Å². The van der Waals surface area contributed by atoms with Crippen LogP contribution in [0.4, 0.5) is 20.7 Å². The average molecular weight is 571 g/mol. The van der Waals surface area contributed by atoms with Gasteiger partial charge in [0, 0.05) is 30.5 Å². The maximum Gasteiger partial charge on any atom is 0.224 e. The number of carbonyl (C=O) groups is 1. The highest BCUT2D eigenvalue weighted by atomic mass is 19.1. The smallest absolute Gasteiger partial charge is 0.224 e. The molecule has 12 heteroatoms. The summed E-state index contributed by atoms with van der Waals surface area (Å²) in [5.74, 6) is 0.222. The van der Waals surface area contributed by atoms with E-state index in [1.807, 2.05) is 4.57 Å². The van der Waals surface area contributed by atoms with Gasteiger partial charge in [0.2, 0.25) is 17.8 Å². The molecule has 1 unspecified atom stereocenters. The van der Waals surface area contributed by atoms with Crippen molar-refractivity contribution in [1.29, 1.82) is 0 Å². The fraction of sp³-hybridized carbons (Fsp3) is 0.655. The monoisotopic (exact) mass is 570 g/mol. The summed E-state index contributed by atoms with van der Waals surface area (Å²) >= 11 is 0. The van der Waals surface area contributed by atoms with Gasteiger partial charge < -0.3 is 26.4 Å². The molecule has 0 radical (unpaired) electrons. The molecule has 3 fully saturated rings. The Morgan fingerprint density at radius 1 is 1.00 bits per heavy atom. The summed E-state index contributed by atoms with van der Waals surface area (Å²) in [6, 6.07) is 0.351. The summed E-state index contributed by atoms with van der Waals surface area (Å²) in [7, 11) is 0. The maximum absolute atomic E-state index is 14.7. The van der Waals surface area contributed by atoms with Gasteiger partial charge in [-0.05, 0) is 83.4 Å². The van der Waals surface area contributed by atoms with Crippen LogP contribution in [-0.4, -0.2) is 68.0 Å². The number of aromatic nitrogens is 4. The second-order valence-corrected chi connectivity index (χ2v) is 11.9. The molecule has 3 heterocycles. The minimum atomic E-state index is -1.49. The summed E-state index contributed by atoms with van der Waals surface area (Å²) in [6.45, 7) is 1.85. The Hall–Kier alpha value is -3.12. The molecule has 1 amide bonds. The van der Waals surface area contributed by atoms with Crippen LogP contribution < -0.4 is 21.3 Å². The summed E-state index contributed by atoms with van der Waals surface area (Å²) < 4.78 is 31.3. The first-order valence-corrected chi connectivity index (χ1v) is 15.1. The van der Waals surface area contributed by atoms with Gasteiger partial charge >= 0.3 is 0 Å². The molecular formula is C29H40F2N8O2. The molecule has 0 aromatic carbocycles. The van der Waals surface area contributed by atoms with Gasteiger partial charge in [0.15, 0.2) is 5.65 Å². The second kappa shape index (κ2) is 12.4. The zero-order chi connectivity index (χ0) is 28.3. The highest BCUT2D eigenvalue weighted by Crippen LogP contribution is 2.38. The van der Waals surface area contributed by atoms with Crippen molar-refractivity contribution in [3.63, 3.8) is 0 Å². The fourth-order valence-electron chi connectivity index (χ4n) is 6.59. The number of hydrogen-bond donors (Lipinski definition) is 5. The molecule has 0 spiro atoms. The van der Waals surface area contributed by atoms with E-state index in [1.165, 1.54) is 12.2 Å². The number of piperidine rings is 1. The van der Waals surface area contributed by atoms with Gasteiger partial charge in [0.1, 0.15) is 17.5 Å². The van der Waals surface area contributed by atoms with Gasteiger partial charge in [-0.3, -0.25) is 9.36 Å². The lowest BCUT2D eigenvalue weighted by Gasteiger charge is -2.32. The van der Waals surface area contributed by atoms with Gasteiger partial charge in [-0.15, -0.1) is 0 Å². The van der Waals surface area contributed by atoms with E-state index < -0.39 is 12.0 Å². The van der Waals surface area contributed by atoms with Crippen LogP contribution in [0.3, 0.4) is 0 Å². The summed E-state index contributed by atoms with van der Waals surface area (Å²) in [5.41, 5.74) is 0.989. The third-order valence-corrected chi connectivity index (χ3v) is 9.01. The van der Waals surface area contributed by atoms with Crippen LogP contribution in [0.1, 0.15) is 76.7 Å². The highest BCUT2D eigenvalue weighted by molar-refractivity contribution is 5.79. The molecule has 41 heavy (non-hydrogen) atoms. The average Bonchev–Trinajstić information content (AvgIpc) is 3.34. The van der Waals surface area contributed by atoms with Crippen LogP contribution in [0, 0.1) is 5.92 Å². The summed E-state index contributed by atoms with van der Waals surface area (Å²) in [6.07, 6.45) is 10.6. The Morgan fingerprint density at radius 3 is 2.49 bits per heavy atom. The van der Waals surface area contributed by atoms with E-state index in [4.69, 9.17) is 4.98 Å². The largest absolute Gasteiger partial charge is 0.393 e. The highest BCUT2D eigenvalue weighted by Gasteiger charge is 2.32. The zero-order valence-corrected chi connectivity index (χ0v) is 23.3. The first-order chi connectivity index (χ1) is 19.9. The van der Waals surface area contributed by atoms with E-state index in [9.17, 15) is 18.7 Å². The summed E-state index contributed by atoms with van der Waals surface area (Å²) in [5, 5.41) is 22.8. The van der Waals surface area contributed by atoms with Crippen molar-refractivity contribution in [3.05, 3.63) is 29.9 Å². The summed E-state index contributed by atoms with van der Waals surface area (Å²) in [4.78, 5) is 27.0. The molecule has 1 aliphatic heterocycles. The minimum absolute atomic E-state index is 0.0427. The molecule has 1 saturated heterocycles. The Kier molecular flexibility index (Phi) is 8.47. The Morgan fingerprint density at radius 2 is 1.76 bits per heavy atom. The van der Waals surface area contributed by atoms with Gasteiger partial charge in [0.25, 0.3) is 0 Å². The van der Waals surface area contributed by atoms with Crippen molar-refractivity contribution in [1.82, 2.24) is 30.2 Å². The van der Waals surface area contributed by atoms with Crippen LogP contribution in [0.5, 0.6) is 0 Å². The van der Waals surface area contributed by atoms with E-state index in [1.54, 1.807) is 6.20 Å².